The fourth-order valence-electron chi connectivity index (χ4n) is 4.24. The SMILES string of the molecule is CC(C)C[C@H](NC(=O)[C@H](CCCCN)NC(=O)[C@H](Cc1ccccc1)NC(=O)[C@@H]1CCCN1)C(=O)O. The molecule has 1 aromatic carbocycles. The lowest BCUT2D eigenvalue weighted by Gasteiger charge is -2.26. The van der Waals surface area contributed by atoms with Gasteiger partial charge in [-0.2, -0.15) is 0 Å². The van der Waals surface area contributed by atoms with Crippen LogP contribution in [0.5, 0.6) is 0 Å². The van der Waals surface area contributed by atoms with E-state index in [0.717, 1.165) is 18.5 Å². The third kappa shape index (κ3) is 9.94. The van der Waals surface area contributed by atoms with Crippen LogP contribution in [0.1, 0.15) is 57.9 Å². The number of carbonyl (C=O) groups excluding carboxylic acids is 3. The Morgan fingerprint density at radius 3 is 2.25 bits per heavy atom. The average Bonchev–Trinajstić information content (AvgIpc) is 3.38. The number of rotatable bonds is 15. The molecule has 0 bridgehead atoms. The fourth-order valence-corrected chi connectivity index (χ4v) is 4.24. The normalized spacial score (nSPS) is 17.7. The third-order valence-corrected chi connectivity index (χ3v) is 6.19. The van der Waals surface area contributed by atoms with Gasteiger partial charge in [0.05, 0.1) is 6.04 Å². The molecule has 10 heteroatoms. The first-order valence-electron chi connectivity index (χ1n) is 12.8. The number of carboxylic acids is 1. The largest absolute Gasteiger partial charge is 0.480 e. The highest BCUT2D eigenvalue weighted by Gasteiger charge is 2.31. The summed E-state index contributed by atoms with van der Waals surface area (Å²) in [7, 11) is 0. The summed E-state index contributed by atoms with van der Waals surface area (Å²) in [6.07, 6.45) is 3.65. The Hall–Kier alpha value is -2.98. The zero-order valence-corrected chi connectivity index (χ0v) is 21.3. The maximum atomic E-state index is 13.4. The number of hydrogen-bond donors (Lipinski definition) is 6. The van der Waals surface area contributed by atoms with E-state index >= 15 is 0 Å². The van der Waals surface area contributed by atoms with E-state index < -0.39 is 35.9 Å². The van der Waals surface area contributed by atoms with E-state index in [1.54, 1.807) is 0 Å². The molecule has 0 unspecified atom stereocenters. The molecule has 1 aromatic rings. The summed E-state index contributed by atoms with van der Waals surface area (Å²) in [6, 6.07) is 6.07. The van der Waals surface area contributed by atoms with Crippen LogP contribution < -0.4 is 27.0 Å². The smallest absolute Gasteiger partial charge is 0.326 e. The first-order chi connectivity index (χ1) is 17.2. The Balaban J connectivity index is 2.17. The summed E-state index contributed by atoms with van der Waals surface area (Å²) in [4.78, 5) is 50.9. The number of carbonyl (C=O) groups is 4. The quantitative estimate of drug-likeness (QED) is 0.192. The van der Waals surface area contributed by atoms with E-state index in [-0.39, 0.29) is 30.7 Å². The van der Waals surface area contributed by atoms with Crippen LogP contribution in [0, 0.1) is 5.92 Å². The van der Waals surface area contributed by atoms with Gasteiger partial charge in [0.1, 0.15) is 18.1 Å². The van der Waals surface area contributed by atoms with Gasteiger partial charge in [-0.15, -0.1) is 0 Å². The Morgan fingerprint density at radius 1 is 1.00 bits per heavy atom. The predicted octanol–water partition coefficient (Wildman–Crippen LogP) is 0.695. The minimum Gasteiger partial charge on any atom is -0.480 e. The number of aliphatic carboxylic acids is 1. The second kappa shape index (κ2) is 15.2. The second-order valence-corrected chi connectivity index (χ2v) is 9.77. The molecular formula is C26H41N5O5. The van der Waals surface area contributed by atoms with Gasteiger partial charge in [-0.1, -0.05) is 44.2 Å². The number of amides is 3. The molecule has 0 aromatic heterocycles. The lowest BCUT2D eigenvalue weighted by molar-refractivity contribution is -0.142. The molecule has 1 aliphatic heterocycles. The molecule has 0 aliphatic carbocycles. The number of nitrogens with two attached hydrogens (primary N) is 1. The monoisotopic (exact) mass is 503 g/mol. The number of unbranched alkanes of at least 4 members (excludes halogenated alkanes) is 1. The number of hydrogen-bond acceptors (Lipinski definition) is 6. The molecule has 0 spiro atoms. The van der Waals surface area contributed by atoms with Gasteiger partial charge in [0.2, 0.25) is 17.7 Å². The Bertz CT molecular complexity index is 858. The van der Waals surface area contributed by atoms with Crippen molar-refractivity contribution in [1.29, 1.82) is 0 Å². The van der Waals surface area contributed by atoms with Crippen molar-refractivity contribution in [3.63, 3.8) is 0 Å². The molecule has 7 N–H and O–H groups in total. The van der Waals surface area contributed by atoms with Crippen molar-refractivity contribution < 1.29 is 24.3 Å². The van der Waals surface area contributed by atoms with E-state index in [4.69, 9.17) is 5.73 Å². The Labute approximate surface area is 213 Å². The van der Waals surface area contributed by atoms with Crippen molar-refractivity contribution >= 4 is 23.7 Å². The van der Waals surface area contributed by atoms with Gasteiger partial charge in [0.15, 0.2) is 0 Å². The lowest BCUT2D eigenvalue weighted by Crippen LogP contribution is -2.57. The van der Waals surface area contributed by atoms with E-state index in [9.17, 15) is 24.3 Å². The summed E-state index contributed by atoms with van der Waals surface area (Å²) in [6.45, 7) is 4.93. The zero-order chi connectivity index (χ0) is 26.5. The maximum absolute atomic E-state index is 13.4. The van der Waals surface area contributed by atoms with Crippen molar-refractivity contribution in [1.82, 2.24) is 21.3 Å². The number of nitrogens with one attached hydrogen (secondary N) is 4. The van der Waals surface area contributed by atoms with E-state index in [1.807, 2.05) is 44.2 Å². The summed E-state index contributed by atoms with van der Waals surface area (Å²) in [5.74, 6) is -2.37. The number of carboxylic acid groups (broad SMARTS) is 1. The molecule has 1 heterocycles. The molecule has 200 valence electrons. The summed E-state index contributed by atoms with van der Waals surface area (Å²) >= 11 is 0. The van der Waals surface area contributed by atoms with Crippen molar-refractivity contribution in [2.75, 3.05) is 13.1 Å². The van der Waals surface area contributed by atoms with Gasteiger partial charge >= 0.3 is 5.97 Å². The third-order valence-electron chi connectivity index (χ3n) is 6.19. The first kappa shape index (κ1) is 29.3. The van der Waals surface area contributed by atoms with Gasteiger partial charge in [0, 0.05) is 6.42 Å². The highest BCUT2D eigenvalue weighted by Crippen LogP contribution is 2.10. The second-order valence-electron chi connectivity index (χ2n) is 9.77. The van der Waals surface area contributed by atoms with Gasteiger partial charge in [-0.05, 0) is 63.1 Å². The highest BCUT2D eigenvalue weighted by atomic mass is 16.4. The van der Waals surface area contributed by atoms with Gasteiger partial charge in [-0.25, -0.2) is 4.79 Å². The Morgan fingerprint density at radius 2 is 1.67 bits per heavy atom. The molecule has 1 fully saturated rings. The van der Waals surface area contributed by atoms with Crippen LogP contribution in [-0.4, -0.2) is 66.1 Å². The molecule has 1 aliphatic rings. The molecule has 4 atom stereocenters. The Kier molecular flexibility index (Phi) is 12.4. The van der Waals surface area contributed by atoms with E-state index in [1.165, 1.54) is 0 Å². The first-order valence-corrected chi connectivity index (χ1v) is 12.8. The van der Waals surface area contributed by atoms with Crippen LogP contribution in [0.3, 0.4) is 0 Å². The van der Waals surface area contributed by atoms with E-state index in [2.05, 4.69) is 21.3 Å². The van der Waals surface area contributed by atoms with Crippen LogP contribution in [0.4, 0.5) is 0 Å². The van der Waals surface area contributed by atoms with Crippen LogP contribution >= 0.6 is 0 Å². The van der Waals surface area contributed by atoms with Gasteiger partial charge in [0.25, 0.3) is 0 Å². The van der Waals surface area contributed by atoms with Crippen LogP contribution in [0.25, 0.3) is 0 Å². The van der Waals surface area contributed by atoms with Gasteiger partial charge in [-0.3, -0.25) is 14.4 Å². The lowest BCUT2D eigenvalue weighted by atomic mass is 10.0. The van der Waals surface area contributed by atoms with E-state index in [0.29, 0.717) is 32.2 Å². The molecule has 2 rings (SSSR count). The molecular weight excluding hydrogens is 462 g/mol. The maximum Gasteiger partial charge on any atom is 0.326 e. The van der Waals surface area contributed by atoms with Crippen LogP contribution in [-0.2, 0) is 25.6 Å². The van der Waals surface area contributed by atoms with Crippen LogP contribution in [0.2, 0.25) is 0 Å². The molecule has 0 saturated carbocycles. The topological polar surface area (TPSA) is 163 Å². The van der Waals surface area contributed by atoms with Crippen molar-refractivity contribution in [3.05, 3.63) is 35.9 Å². The van der Waals surface area contributed by atoms with Crippen LogP contribution in [0.15, 0.2) is 30.3 Å². The summed E-state index contributed by atoms with van der Waals surface area (Å²) < 4.78 is 0. The fraction of sp³-hybridized carbons (Fsp3) is 0.615. The summed E-state index contributed by atoms with van der Waals surface area (Å²) in [5.41, 5.74) is 6.46. The zero-order valence-electron chi connectivity index (χ0n) is 21.3. The average molecular weight is 504 g/mol. The highest BCUT2D eigenvalue weighted by molar-refractivity contribution is 5.94. The number of benzene rings is 1. The molecule has 3 amide bonds. The molecule has 1 saturated heterocycles. The standard InChI is InChI=1S/C26H41N5O5/c1-17(2)15-22(26(35)36)31-24(33)20(11-6-7-13-27)29-25(34)21(16-18-9-4-3-5-10-18)30-23(32)19-12-8-14-28-19/h3-5,9-10,17,19-22,28H,6-8,11-16,27H2,1-2H3,(H,29,34)(H,30,32)(H,31,33)(H,35,36)/t19-,20-,21-,22-/m0/s1. The predicted molar refractivity (Wildman–Crippen MR) is 137 cm³/mol. The molecule has 36 heavy (non-hydrogen) atoms. The summed E-state index contributed by atoms with van der Waals surface area (Å²) in [5, 5.41) is 20.8. The van der Waals surface area contributed by atoms with Crippen molar-refractivity contribution in [3.8, 4) is 0 Å². The van der Waals surface area contributed by atoms with Gasteiger partial charge < -0.3 is 32.1 Å². The van der Waals surface area contributed by atoms with Crippen molar-refractivity contribution in [2.45, 2.75) is 83.0 Å². The minimum atomic E-state index is -1.12. The minimum absolute atomic E-state index is 0.0614. The molecule has 0 radical (unpaired) electrons. The van der Waals surface area contributed by atoms with Crippen molar-refractivity contribution in [2.24, 2.45) is 11.7 Å². The molecule has 10 nitrogen and oxygen atoms in total.